The number of aromatic nitrogens is 1. The van der Waals surface area contributed by atoms with Crippen molar-refractivity contribution in [3.8, 4) is 5.75 Å². The van der Waals surface area contributed by atoms with Crippen molar-refractivity contribution in [2.24, 2.45) is 0 Å². The summed E-state index contributed by atoms with van der Waals surface area (Å²) in [4.78, 5) is 2.36. The van der Waals surface area contributed by atoms with Crippen molar-refractivity contribution in [2.75, 3.05) is 24.7 Å². The van der Waals surface area contributed by atoms with Crippen LogP contribution in [0.2, 0.25) is 0 Å². The van der Waals surface area contributed by atoms with Crippen LogP contribution in [0, 0.1) is 13.8 Å². The van der Waals surface area contributed by atoms with E-state index in [-0.39, 0.29) is 6.10 Å². The topological polar surface area (TPSA) is 25.6 Å². The molecule has 0 fully saturated rings. The fourth-order valence-corrected chi connectivity index (χ4v) is 9.56. The zero-order valence-electron chi connectivity index (χ0n) is 33.0. The van der Waals surface area contributed by atoms with Gasteiger partial charge >= 0.3 is 0 Å². The standard InChI is InChI=1S/C52H49N2O2S/c1-36(22-24-42-28-29-53(48-35-38(3)37(2)34-46(42)48)30-32-55-49-20-10-15-39-12-4-7-17-43(39)49)23-27-51-54(47-26-25-41-14-6-9-19-45(41)52(47)57-51)31-33-56-50-21-11-16-40-13-5-8-18-44(40)50/h4-15,17-23,25-29,34-35,42,50H,16,24,30-33H2,1-3H3/q+1. The van der Waals surface area contributed by atoms with Gasteiger partial charge in [0, 0.05) is 40.7 Å². The van der Waals surface area contributed by atoms with Gasteiger partial charge in [0.1, 0.15) is 29.8 Å². The number of anilines is 1. The van der Waals surface area contributed by atoms with Crippen LogP contribution >= 0.6 is 11.3 Å². The third kappa shape index (κ3) is 7.70. The van der Waals surface area contributed by atoms with Gasteiger partial charge in [0.25, 0.3) is 5.01 Å². The first-order valence-corrected chi connectivity index (χ1v) is 21.0. The Morgan fingerprint density at radius 3 is 2.47 bits per heavy atom. The Labute approximate surface area is 340 Å². The van der Waals surface area contributed by atoms with Crippen molar-refractivity contribution in [3.05, 3.63) is 190 Å². The van der Waals surface area contributed by atoms with Gasteiger partial charge < -0.3 is 14.4 Å². The molecule has 0 spiro atoms. The molecule has 57 heavy (non-hydrogen) atoms. The number of ether oxygens (including phenoxy) is 2. The van der Waals surface area contributed by atoms with E-state index in [2.05, 4.69) is 188 Å². The first-order valence-electron chi connectivity index (χ1n) is 20.2. The second-order valence-electron chi connectivity index (χ2n) is 15.3. The normalized spacial score (nSPS) is 16.5. The van der Waals surface area contributed by atoms with Crippen LogP contribution in [0.1, 0.15) is 58.2 Å². The molecule has 2 atom stereocenters. The minimum Gasteiger partial charge on any atom is -0.491 e. The minimum absolute atomic E-state index is 0.00688. The number of fused-ring (bicyclic) bond motifs is 6. The number of allylic oxidation sites excluding steroid dienone is 5. The average Bonchev–Trinajstić information content (AvgIpc) is 3.61. The van der Waals surface area contributed by atoms with Crippen LogP contribution in [0.5, 0.6) is 5.75 Å². The number of thiazole rings is 1. The van der Waals surface area contributed by atoms with E-state index in [4.69, 9.17) is 9.47 Å². The summed E-state index contributed by atoms with van der Waals surface area (Å²) in [5.74, 6) is 1.24. The van der Waals surface area contributed by atoms with Crippen molar-refractivity contribution < 1.29 is 14.0 Å². The molecule has 7 aromatic rings. The molecule has 0 N–H and O–H groups in total. The maximum absolute atomic E-state index is 6.56. The van der Waals surface area contributed by atoms with Gasteiger partial charge in [0.15, 0.2) is 6.54 Å². The quantitative estimate of drug-likeness (QED) is 0.0704. The molecule has 1 aliphatic heterocycles. The van der Waals surface area contributed by atoms with Crippen molar-refractivity contribution in [2.45, 2.75) is 52.2 Å². The molecule has 5 heteroatoms. The highest BCUT2D eigenvalue weighted by molar-refractivity contribution is 7.19. The third-order valence-corrected chi connectivity index (χ3v) is 12.8. The lowest BCUT2D eigenvalue weighted by atomic mass is 9.88. The highest BCUT2D eigenvalue weighted by Gasteiger charge is 2.24. The van der Waals surface area contributed by atoms with Gasteiger partial charge in [-0.15, -0.1) is 0 Å². The Bertz CT molecular complexity index is 2710. The number of benzene rings is 6. The lowest BCUT2D eigenvalue weighted by Gasteiger charge is -2.31. The molecule has 6 aromatic carbocycles. The van der Waals surface area contributed by atoms with E-state index in [0.717, 1.165) is 37.1 Å². The molecule has 2 unspecified atom stereocenters. The number of hydrogen-bond acceptors (Lipinski definition) is 4. The molecule has 284 valence electrons. The van der Waals surface area contributed by atoms with Crippen molar-refractivity contribution in [1.29, 1.82) is 0 Å². The van der Waals surface area contributed by atoms with Crippen LogP contribution in [0.4, 0.5) is 5.69 Å². The molecule has 4 nitrogen and oxygen atoms in total. The van der Waals surface area contributed by atoms with Crippen LogP contribution < -0.4 is 14.2 Å². The molecule has 0 saturated carbocycles. The number of aryl methyl sites for hydroxylation is 2. The summed E-state index contributed by atoms with van der Waals surface area (Å²) < 4.78 is 16.7. The molecule has 0 amide bonds. The van der Waals surface area contributed by atoms with E-state index < -0.39 is 0 Å². The highest BCUT2D eigenvalue weighted by Crippen LogP contribution is 2.38. The van der Waals surface area contributed by atoms with Crippen LogP contribution in [-0.4, -0.2) is 19.8 Å². The van der Waals surface area contributed by atoms with Crippen molar-refractivity contribution in [1.82, 2.24) is 0 Å². The predicted molar refractivity (Wildman–Crippen MR) is 239 cm³/mol. The number of hydrogen-bond donors (Lipinski definition) is 0. The third-order valence-electron chi connectivity index (χ3n) is 11.6. The number of nitrogens with zero attached hydrogens (tertiary/aromatic N) is 2. The Hall–Kier alpha value is -5.75. The predicted octanol–water partition coefficient (Wildman–Crippen LogP) is 12.5. The van der Waals surface area contributed by atoms with E-state index >= 15 is 0 Å². The molecule has 0 bridgehead atoms. The second kappa shape index (κ2) is 16.4. The Kier molecular flexibility index (Phi) is 10.6. The van der Waals surface area contributed by atoms with Crippen LogP contribution in [-0.2, 0) is 17.7 Å². The number of rotatable bonds is 12. The lowest BCUT2D eigenvalue weighted by Crippen LogP contribution is -2.37. The summed E-state index contributed by atoms with van der Waals surface area (Å²) in [5, 5.41) is 6.15. The summed E-state index contributed by atoms with van der Waals surface area (Å²) in [6.07, 6.45) is 18.0. The molecule has 2 heterocycles. The first-order chi connectivity index (χ1) is 28.0. The fraction of sp³-hybridized carbons (Fsp3) is 0.212. The fourth-order valence-electron chi connectivity index (χ4n) is 8.34. The summed E-state index contributed by atoms with van der Waals surface area (Å²) >= 11 is 1.87. The molecule has 1 aliphatic carbocycles. The maximum Gasteiger partial charge on any atom is 0.262 e. The van der Waals surface area contributed by atoms with Crippen LogP contribution in [0.15, 0.2) is 157 Å². The van der Waals surface area contributed by atoms with E-state index in [1.165, 1.54) is 70.5 Å². The van der Waals surface area contributed by atoms with Gasteiger partial charge in [-0.05, 0) is 90.4 Å². The Morgan fingerprint density at radius 2 is 1.58 bits per heavy atom. The Balaban J connectivity index is 0.921. The smallest absolute Gasteiger partial charge is 0.262 e. The van der Waals surface area contributed by atoms with E-state index in [0.29, 0.717) is 19.1 Å². The molecule has 2 aliphatic rings. The van der Waals surface area contributed by atoms with Gasteiger partial charge in [-0.25, -0.2) is 0 Å². The van der Waals surface area contributed by atoms with Gasteiger partial charge in [-0.3, -0.25) is 0 Å². The van der Waals surface area contributed by atoms with E-state index in [9.17, 15) is 0 Å². The molecule has 0 radical (unpaired) electrons. The highest BCUT2D eigenvalue weighted by atomic mass is 32.1. The molecule has 9 rings (SSSR count). The summed E-state index contributed by atoms with van der Waals surface area (Å²) in [6.45, 7) is 9.44. The molecular formula is C52H49N2O2S+. The maximum atomic E-state index is 6.56. The second-order valence-corrected chi connectivity index (χ2v) is 16.4. The Morgan fingerprint density at radius 1 is 0.807 bits per heavy atom. The van der Waals surface area contributed by atoms with Crippen LogP contribution in [0.25, 0.3) is 37.8 Å². The average molecular weight is 766 g/mol. The van der Waals surface area contributed by atoms with Gasteiger partial charge in [0.2, 0.25) is 5.52 Å². The monoisotopic (exact) mass is 765 g/mol. The summed E-state index contributed by atoms with van der Waals surface area (Å²) in [5.41, 5.74) is 10.5. The largest absolute Gasteiger partial charge is 0.491 e. The summed E-state index contributed by atoms with van der Waals surface area (Å²) in [7, 11) is 0. The zero-order valence-corrected chi connectivity index (χ0v) is 33.8. The van der Waals surface area contributed by atoms with Gasteiger partial charge in [0.05, 0.1) is 6.54 Å². The van der Waals surface area contributed by atoms with E-state index in [1.807, 2.05) is 11.3 Å². The summed E-state index contributed by atoms with van der Waals surface area (Å²) in [6, 6.07) is 41.3. The SMILES string of the molecule is CC(C=Cc1sc2c3ccccc3ccc2[n+]1CCOC1C=CCc2ccccc21)=CCC1C=CN(CCOc2cccc3ccccc23)c2cc(C)c(C)cc21. The molecule has 1 aromatic heterocycles. The zero-order chi connectivity index (χ0) is 38.7. The minimum atomic E-state index is -0.00688. The van der Waals surface area contributed by atoms with Crippen molar-refractivity contribution >= 4 is 54.9 Å². The van der Waals surface area contributed by atoms with Gasteiger partial charge in [-0.1, -0.05) is 138 Å². The lowest BCUT2D eigenvalue weighted by molar-refractivity contribution is -0.670. The van der Waals surface area contributed by atoms with Gasteiger partial charge in [-0.2, -0.15) is 4.57 Å². The van der Waals surface area contributed by atoms with Crippen molar-refractivity contribution in [3.63, 3.8) is 0 Å². The van der Waals surface area contributed by atoms with E-state index in [1.54, 1.807) is 0 Å². The molecular weight excluding hydrogens is 717 g/mol. The molecule has 0 saturated heterocycles. The van der Waals surface area contributed by atoms with Crippen LogP contribution in [0.3, 0.4) is 0 Å². The first kappa shape index (κ1) is 36.9.